The second-order valence-corrected chi connectivity index (χ2v) is 8.56. The third-order valence-corrected chi connectivity index (χ3v) is 5.92. The van der Waals surface area contributed by atoms with Gasteiger partial charge in [0.25, 0.3) is 5.91 Å². The molecule has 39 heavy (non-hydrogen) atoms. The average Bonchev–Trinajstić information content (AvgIpc) is 3.41. The number of hydrogen-bond donors (Lipinski definition) is 2. The lowest BCUT2D eigenvalue weighted by molar-refractivity contribution is -0.144. The van der Waals surface area contributed by atoms with Gasteiger partial charge in [0.05, 0.1) is 0 Å². The summed E-state index contributed by atoms with van der Waals surface area (Å²) in [5.41, 5.74) is 1.47. The molecule has 0 saturated heterocycles. The standard InChI is InChI=1S/C29H23FN2O7/c1-17(29(34)35)38-24-7-3-2-5-21(24)18-8-9-19(23(30)13-18)15-32-27(33)22-6-4-12-31-28(22)39-20-10-11-25-26(14-20)37-16-36-25/h2-14,17H,15-16H2,1H3,(H,32,33)(H,34,35). The van der Waals surface area contributed by atoms with Crippen molar-refractivity contribution in [3.63, 3.8) is 0 Å². The van der Waals surface area contributed by atoms with Crippen molar-refractivity contribution in [2.24, 2.45) is 0 Å². The number of fused-ring (bicyclic) bond motifs is 1. The fourth-order valence-corrected chi connectivity index (χ4v) is 3.87. The number of ether oxygens (including phenoxy) is 4. The number of pyridine rings is 1. The van der Waals surface area contributed by atoms with Crippen LogP contribution in [0.5, 0.6) is 28.9 Å². The van der Waals surface area contributed by atoms with Crippen LogP contribution in [0.15, 0.2) is 79.0 Å². The molecule has 0 fully saturated rings. The van der Waals surface area contributed by atoms with Crippen LogP contribution in [0.2, 0.25) is 0 Å². The maximum absolute atomic E-state index is 15.0. The van der Waals surface area contributed by atoms with E-state index < -0.39 is 23.8 Å². The number of rotatable bonds is 9. The van der Waals surface area contributed by atoms with Crippen LogP contribution in [-0.4, -0.2) is 34.9 Å². The minimum absolute atomic E-state index is 0.0804. The van der Waals surface area contributed by atoms with Gasteiger partial charge < -0.3 is 29.4 Å². The van der Waals surface area contributed by atoms with E-state index in [4.69, 9.17) is 24.1 Å². The Balaban J connectivity index is 1.28. The van der Waals surface area contributed by atoms with Gasteiger partial charge in [-0.25, -0.2) is 14.2 Å². The molecule has 1 aromatic heterocycles. The first-order valence-corrected chi connectivity index (χ1v) is 12.0. The minimum Gasteiger partial charge on any atom is -0.479 e. The number of carboxylic acid groups (broad SMARTS) is 1. The van der Waals surface area contributed by atoms with Crippen LogP contribution in [0, 0.1) is 5.82 Å². The summed E-state index contributed by atoms with van der Waals surface area (Å²) in [5.74, 6) is -0.216. The molecule has 9 nitrogen and oxygen atoms in total. The number of amides is 1. The van der Waals surface area contributed by atoms with Crippen LogP contribution in [0.25, 0.3) is 11.1 Å². The summed E-state index contributed by atoms with van der Waals surface area (Å²) in [6, 6.07) is 19.5. The number of carboxylic acids is 1. The molecule has 1 aliphatic heterocycles. The van der Waals surface area contributed by atoms with Gasteiger partial charge in [0.15, 0.2) is 17.6 Å². The molecule has 0 saturated carbocycles. The molecule has 1 unspecified atom stereocenters. The second-order valence-electron chi connectivity index (χ2n) is 8.56. The fourth-order valence-electron chi connectivity index (χ4n) is 3.87. The summed E-state index contributed by atoms with van der Waals surface area (Å²) in [6.45, 7) is 1.45. The molecule has 4 aromatic rings. The number of halogens is 1. The molecule has 0 bridgehead atoms. The Hall–Kier alpha value is -5.12. The van der Waals surface area contributed by atoms with Gasteiger partial charge in [-0.05, 0) is 48.9 Å². The van der Waals surface area contributed by atoms with E-state index in [1.807, 2.05) is 0 Å². The molecule has 1 amide bonds. The SMILES string of the molecule is CC(Oc1ccccc1-c1ccc(CNC(=O)c2cccnc2Oc2ccc3c(c2)OCO3)c(F)c1)C(=O)O. The molecule has 2 N–H and O–H groups in total. The molecule has 1 atom stereocenters. The van der Waals surface area contributed by atoms with E-state index in [9.17, 15) is 9.59 Å². The van der Waals surface area contributed by atoms with Gasteiger partial charge in [-0.1, -0.05) is 30.3 Å². The zero-order valence-electron chi connectivity index (χ0n) is 20.7. The molecular weight excluding hydrogens is 507 g/mol. The molecule has 0 aliphatic carbocycles. The number of para-hydroxylation sites is 1. The molecule has 1 aliphatic rings. The average molecular weight is 531 g/mol. The van der Waals surface area contributed by atoms with Crippen molar-refractivity contribution in [2.75, 3.05) is 6.79 Å². The largest absolute Gasteiger partial charge is 0.479 e. The topological polar surface area (TPSA) is 116 Å². The highest BCUT2D eigenvalue weighted by Crippen LogP contribution is 2.37. The van der Waals surface area contributed by atoms with Gasteiger partial charge in [0.1, 0.15) is 22.9 Å². The Morgan fingerprint density at radius 2 is 1.87 bits per heavy atom. The first kappa shape index (κ1) is 25.5. The highest BCUT2D eigenvalue weighted by molar-refractivity contribution is 5.96. The van der Waals surface area contributed by atoms with E-state index in [-0.39, 0.29) is 30.3 Å². The predicted octanol–water partition coefficient (Wildman–Crippen LogP) is 5.19. The van der Waals surface area contributed by atoms with Crippen molar-refractivity contribution in [3.8, 4) is 40.0 Å². The van der Waals surface area contributed by atoms with Crippen molar-refractivity contribution < 1.29 is 38.0 Å². The Labute approximate surface area is 222 Å². The third kappa shape index (κ3) is 5.74. The summed E-state index contributed by atoms with van der Waals surface area (Å²) < 4.78 is 37.0. The monoisotopic (exact) mass is 530 g/mol. The van der Waals surface area contributed by atoms with Crippen LogP contribution in [0.1, 0.15) is 22.8 Å². The molecule has 10 heteroatoms. The van der Waals surface area contributed by atoms with Crippen LogP contribution >= 0.6 is 0 Å². The quantitative estimate of drug-likeness (QED) is 0.304. The van der Waals surface area contributed by atoms with E-state index >= 15 is 4.39 Å². The Kier molecular flexibility index (Phi) is 7.26. The van der Waals surface area contributed by atoms with Crippen molar-refractivity contribution in [1.29, 1.82) is 0 Å². The van der Waals surface area contributed by atoms with Gasteiger partial charge in [-0.3, -0.25) is 4.79 Å². The number of hydrogen-bond acceptors (Lipinski definition) is 7. The van der Waals surface area contributed by atoms with Gasteiger partial charge >= 0.3 is 5.97 Å². The minimum atomic E-state index is -1.11. The lowest BCUT2D eigenvalue weighted by atomic mass is 10.0. The van der Waals surface area contributed by atoms with E-state index in [0.717, 1.165) is 0 Å². The molecule has 2 heterocycles. The number of benzene rings is 3. The zero-order valence-corrected chi connectivity index (χ0v) is 20.7. The molecule has 0 spiro atoms. The van der Waals surface area contributed by atoms with Gasteiger partial charge in [0, 0.05) is 29.9 Å². The van der Waals surface area contributed by atoms with E-state index in [2.05, 4.69) is 10.3 Å². The smallest absolute Gasteiger partial charge is 0.344 e. The van der Waals surface area contributed by atoms with Gasteiger partial charge in [-0.15, -0.1) is 0 Å². The predicted molar refractivity (Wildman–Crippen MR) is 138 cm³/mol. The lowest BCUT2D eigenvalue weighted by Gasteiger charge is -2.15. The zero-order chi connectivity index (χ0) is 27.4. The van der Waals surface area contributed by atoms with Crippen LogP contribution in [0.4, 0.5) is 4.39 Å². The first-order valence-electron chi connectivity index (χ1n) is 12.0. The second kappa shape index (κ2) is 11.1. The van der Waals surface area contributed by atoms with Crippen molar-refractivity contribution >= 4 is 11.9 Å². The summed E-state index contributed by atoms with van der Waals surface area (Å²) >= 11 is 0. The van der Waals surface area contributed by atoms with Crippen LogP contribution in [-0.2, 0) is 11.3 Å². The molecule has 3 aromatic carbocycles. The molecule has 198 valence electrons. The summed E-state index contributed by atoms with van der Waals surface area (Å²) in [5, 5.41) is 11.9. The lowest BCUT2D eigenvalue weighted by Crippen LogP contribution is -2.24. The van der Waals surface area contributed by atoms with Crippen molar-refractivity contribution in [1.82, 2.24) is 10.3 Å². The van der Waals surface area contributed by atoms with Crippen molar-refractivity contribution in [3.05, 3.63) is 95.9 Å². The Bertz CT molecular complexity index is 1540. The molecule has 0 radical (unpaired) electrons. The Morgan fingerprint density at radius 1 is 1.05 bits per heavy atom. The summed E-state index contributed by atoms with van der Waals surface area (Å²) in [4.78, 5) is 28.3. The Morgan fingerprint density at radius 3 is 2.69 bits per heavy atom. The van der Waals surface area contributed by atoms with Gasteiger partial charge in [0.2, 0.25) is 12.7 Å². The first-order chi connectivity index (χ1) is 18.9. The number of aliphatic carboxylic acids is 1. The fraction of sp³-hybridized carbons (Fsp3) is 0.138. The number of nitrogens with one attached hydrogen (secondary N) is 1. The maximum atomic E-state index is 15.0. The van der Waals surface area contributed by atoms with E-state index in [1.54, 1.807) is 66.7 Å². The third-order valence-electron chi connectivity index (χ3n) is 5.92. The van der Waals surface area contributed by atoms with E-state index in [1.165, 1.54) is 19.2 Å². The van der Waals surface area contributed by atoms with Crippen LogP contribution < -0.4 is 24.3 Å². The summed E-state index contributed by atoms with van der Waals surface area (Å²) in [7, 11) is 0. The highest BCUT2D eigenvalue weighted by atomic mass is 19.1. The number of carbonyl (C=O) groups is 2. The van der Waals surface area contributed by atoms with E-state index in [0.29, 0.717) is 34.1 Å². The van der Waals surface area contributed by atoms with Gasteiger partial charge in [-0.2, -0.15) is 0 Å². The maximum Gasteiger partial charge on any atom is 0.344 e. The summed E-state index contributed by atoms with van der Waals surface area (Å²) in [6.07, 6.45) is 0.424. The molecular formula is C29H23FN2O7. The highest BCUT2D eigenvalue weighted by Gasteiger charge is 2.19. The number of carbonyl (C=O) groups excluding carboxylic acids is 1. The van der Waals surface area contributed by atoms with Crippen molar-refractivity contribution in [2.45, 2.75) is 19.6 Å². The normalized spacial score (nSPS) is 12.5. The number of aromatic nitrogens is 1. The molecule has 5 rings (SSSR count). The number of nitrogens with zero attached hydrogens (tertiary/aromatic N) is 1. The van der Waals surface area contributed by atoms with Crippen LogP contribution in [0.3, 0.4) is 0 Å².